The summed E-state index contributed by atoms with van der Waals surface area (Å²) in [7, 11) is 0. The molecule has 1 saturated heterocycles. The lowest BCUT2D eigenvalue weighted by Crippen LogP contribution is -2.40. The fourth-order valence-electron chi connectivity index (χ4n) is 3.18. The molecule has 0 aromatic heterocycles. The molecule has 124 valence electrons. The second kappa shape index (κ2) is 6.06. The number of aryl methyl sites for hydroxylation is 2. The molecule has 5 heteroatoms. The maximum atomic E-state index is 13.0. The predicted molar refractivity (Wildman–Crippen MR) is 96.5 cm³/mol. The fourth-order valence-corrected chi connectivity index (χ4v) is 3.58. The number of benzene rings is 2. The van der Waals surface area contributed by atoms with Gasteiger partial charge < -0.3 is 5.32 Å². The summed E-state index contributed by atoms with van der Waals surface area (Å²) in [6.45, 7) is 6.04. The van der Waals surface area contributed by atoms with Crippen molar-refractivity contribution < 1.29 is 9.59 Å². The van der Waals surface area contributed by atoms with Crippen molar-refractivity contribution in [2.75, 3.05) is 0 Å². The number of carbonyl (C=O) groups excluding carboxylic acids is 2. The van der Waals surface area contributed by atoms with Gasteiger partial charge in [-0.3, -0.25) is 9.69 Å². The van der Waals surface area contributed by atoms with E-state index < -0.39 is 5.54 Å². The zero-order chi connectivity index (χ0) is 17.5. The first kappa shape index (κ1) is 16.7. The summed E-state index contributed by atoms with van der Waals surface area (Å²) >= 11 is 3.42. The van der Waals surface area contributed by atoms with E-state index in [9.17, 15) is 9.59 Å². The Labute approximate surface area is 150 Å². The zero-order valence-corrected chi connectivity index (χ0v) is 15.5. The molecule has 0 radical (unpaired) electrons. The van der Waals surface area contributed by atoms with Gasteiger partial charge in [0.2, 0.25) is 0 Å². The molecule has 1 fully saturated rings. The van der Waals surface area contributed by atoms with Crippen molar-refractivity contribution in [2.24, 2.45) is 0 Å². The van der Waals surface area contributed by atoms with Crippen molar-refractivity contribution in [2.45, 2.75) is 32.9 Å². The number of urea groups is 1. The van der Waals surface area contributed by atoms with Crippen LogP contribution in [-0.2, 0) is 16.9 Å². The maximum Gasteiger partial charge on any atom is 0.325 e. The fraction of sp³-hybridized carbons (Fsp3) is 0.263. The molecular formula is C19H19BrN2O2. The van der Waals surface area contributed by atoms with E-state index in [1.165, 1.54) is 4.90 Å². The molecule has 4 nitrogen and oxygen atoms in total. The van der Waals surface area contributed by atoms with Gasteiger partial charge in [-0.05, 0) is 44.0 Å². The number of rotatable bonds is 3. The quantitative estimate of drug-likeness (QED) is 0.809. The van der Waals surface area contributed by atoms with Gasteiger partial charge in [-0.25, -0.2) is 4.79 Å². The summed E-state index contributed by atoms with van der Waals surface area (Å²) in [5.41, 5.74) is 2.91. The summed E-state index contributed by atoms with van der Waals surface area (Å²) < 4.78 is 0.871. The average molecular weight is 387 g/mol. The summed E-state index contributed by atoms with van der Waals surface area (Å²) in [5, 5.41) is 2.84. The lowest BCUT2D eigenvalue weighted by atomic mass is 9.92. The van der Waals surface area contributed by atoms with E-state index in [4.69, 9.17) is 0 Å². The van der Waals surface area contributed by atoms with Crippen molar-refractivity contribution in [3.63, 3.8) is 0 Å². The van der Waals surface area contributed by atoms with Crippen molar-refractivity contribution in [3.8, 4) is 0 Å². The van der Waals surface area contributed by atoms with Gasteiger partial charge in [-0.2, -0.15) is 0 Å². The monoisotopic (exact) mass is 386 g/mol. The molecule has 1 atom stereocenters. The lowest BCUT2D eigenvalue weighted by Gasteiger charge is -2.22. The van der Waals surface area contributed by atoms with Crippen LogP contribution in [0.4, 0.5) is 4.79 Å². The second-order valence-corrected chi connectivity index (χ2v) is 7.37. The van der Waals surface area contributed by atoms with Crippen LogP contribution in [0.15, 0.2) is 46.9 Å². The molecule has 0 spiro atoms. The molecule has 3 amide bonds. The van der Waals surface area contributed by atoms with E-state index in [-0.39, 0.29) is 18.5 Å². The molecule has 1 aliphatic heterocycles. The minimum Gasteiger partial charge on any atom is -0.319 e. The molecule has 0 aliphatic carbocycles. The Hall–Kier alpha value is -2.14. The van der Waals surface area contributed by atoms with E-state index in [1.807, 2.05) is 50.2 Å². The van der Waals surface area contributed by atoms with Crippen LogP contribution >= 0.6 is 15.9 Å². The van der Waals surface area contributed by atoms with E-state index in [0.29, 0.717) is 0 Å². The van der Waals surface area contributed by atoms with Crippen molar-refractivity contribution in [1.82, 2.24) is 10.2 Å². The van der Waals surface area contributed by atoms with Crippen molar-refractivity contribution >= 4 is 27.9 Å². The van der Waals surface area contributed by atoms with Gasteiger partial charge in [0.1, 0.15) is 5.54 Å². The molecule has 1 heterocycles. The molecule has 1 N–H and O–H groups in total. The molecular weight excluding hydrogens is 368 g/mol. The van der Waals surface area contributed by atoms with Crippen molar-refractivity contribution in [3.05, 3.63) is 69.2 Å². The molecule has 3 rings (SSSR count). The highest BCUT2D eigenvalue weighted by Gasteiger charge is 2.48. The first-order valence-corrected chi connectivity index (χ1v) is 8.56. The van der Waals surface area contributed by atoms with Crippen LogP contribution in [0.25, 0.3) is 0 Å². The van der Waals surface area contributed by atoms with Gasteiger partial charge >= 0.3 is 6.03 Å². The Bertz CT molecular complexity index is 814. The zero-order valence-electron chi connectivity index (χ0n) is 13.9. The number of hydrogen-bond donors (Lipinski definition) is 1. The van der Waals surface area contributed by atoms with Crippen LogP contribution in [0.1, 0.15) is 29.2 Å². The molecule has 0 unspecified atom stereocenters. The smallest absolute Gasteiger partial charge is 0.319 e. The van der Waals surface area contributed by atoms with E-state index in [1.54, 1.807) is 6.92 Å². The highest BCUT2D eigenvalue weighted by molar-refractivity contribution is 9.10. The summed E-state index contributed by atoms with van der Waals surface area (Å²) in [4.78, 5) is 26.7. The van der Waals surface area contributed by atoms with Crippen LogP contribution in [0.3, 0.4) is 0 Å². The summed E-state index contributed by atoms with van der Waals surface area (Å²) in [6, 6.07) is 13.2. The SMILES string of the molecule is Cc1cc(C)cc(CN2C(=O)N[C@@](C)(c3cccc(Br)c3)C2=O)c1. The largest absolute Gasteiger partial charge is 0.325 e. The van der Waals surface area contributed by atoms with Gasteiger partial charge in [0.05, 0.1) is 6.54 Å². The van der Waals surface area contributed by atoms with E-state index >= 15 is 0 Å². The van der Waals surface area contributed by atoms with Gasteiger partial charge in [0.25, 0.3) is 5.91 Å². The standard InChI is InChI=1S/C19H19BrN2O2/c1-12-7-13(2)9-14(8-12)11-22-17(23)19(3,21-18(22)24)15-5-4-6-16(20)10-15/h4-10H,11H2,1-3H3,(H,21,24)/t19-/m0/s1. The third-order valence-corrected chi connectivity index (χ3v) is 4.79. The van der Waals surface area contributed by atoms with Crippen LogP contribution < -0.4 is 5.32 Å². The minimum absolute atomic E-state index is 0.232. The summed E-state index contributed by atoms with van der Waals surface area (Å²) in [5.74, 6) is -0.232. The molecule has 2 aromatic rings. The second-order valence-electron chi connectivity index (χ2n) is 6.45. The highest BCUT2D eigenvalue weighted by Crippen LogP contribution is 2.31. The third kappa shape index (κ3) is 2.96. The number of hydrogen-bond acceptors (Lipinski definition) is 2. The minimum atomic E-state index is -1.04. The first-order valence-electron chi connectivity index (χ1n) is 7.77. The number of halogens is 1. The number of amides is 3. The van der Waals surface area contributed by atoms with Gasteiger partial charge in [0, 0.05) is 4.47 Å². The Morgan fingerprint density at radius 3 is 2.38 bits per heavy atom. The van der Waals surface area contributed by atoms with Crippen LogP contribution in [0, 0.1) is 13.8 Å². The van der Waals surface area contributed by atoms with Gasteiger partial charge in [0.15, 0.2) is 0 Å². The third-order valence-electron chi connectivity index (χ3n) is 4.30. The molecule has 24 heavy (non-hydrogen) atoms. The Kier molecular flexibility index (Phi) is 4.22. The Morgan fingerprint density at radius 2 is 1.75 bits per heavy atom. The molecule has 1 aliphatic rings. The average Bonchev–Trinajstić information content (AvgIpc) is 2.71. The predicted octanol–water partition coefficient (Wildman–Crippen LogP) is 4.03. The Balaban J connectivity index is 1.91. The van der Waals surface area contributed by atoms with E-state index in [0.717, 1.165) is 26.7 Å². The van der Waals surface area contributed by atoms with Crippen molar-refractivity contribution in [1.29, 1.82) is 0 Å². The molecule has 2 aromatic carbocycles. The van der Waals surface area contributed by atoms with Gasteiger partial charge in [-0.15, -0.1) is 0 Å². The molecule has 0 bridgehead atoms. The van der Waals surface area contributed by atoms with Gasteiger partial charge in [-0.1, -0.05) is 57.4 Å². The van der Waals surface area contributed by atoms with E-state index in [2.05, 4.69) is 27.3 Å². The number of nitrogens with one attached hydrogen (secondary N) is 1. The van der Waals surface area contributed by atoms with Crippen LogP contribution in [0.2, 0.25) is 0 Å². The first-order chi connectivity index (χ1) is 11.3. The number of nitrogens with zero attached hydrogens (tertiary/aromatic N) is 1. The number of imide groups is 1. The highest BCUT2D eigenvalue weighted by atomic mass is 79.9. The molecule has 0 saturated carbocycles. The topological polar surface area (TPSA) is 49.4 Å². The van der Waals surface area contributed by atoms with Crippen LogP contribution in [0.5, 0.6) is 0 Å². The maximum absolute atomic E-state index is 13.0. The number of carbonyl (C=O) groups is 2. The van der Waals surface area contributed by atoms with Crippen LogP contribution in [-0.4, -0.2) is 16.8 Å². The lowest BCUT2D eigenvalue weighted by molar-refractivity contribution is -0.131. The normalized spacial score (nSPS) is 20.4. The summed E-state index contributed by atoms with van der Waals surface area (Å²) in [6.07, 6.45) is 0. The Morgan fingerprint density at radius 1 is 1.08 bits per heavy atom.